The number of hydrogen-bond donors (Lipinski definition) is 0. The van der Waals surface area contributed by atoms with Crippen molar-refractivity contribution in [1.82, 2.24) is 0 Å². The first-order valence-electron chi connectivity index (χ1n) is 5.88. The zero-order chi connectivity index (χ0) is 12.7. The van der Waals surface area contributed by atoms with E-state index in [4.69, 9.17) is 4.18 Å². The molecule has 0 bridgehead atoms. The van der Waals surface area contributed by atoms with E-state index in [0.717, 1.165) is 24.8 Å². The molecule has 1 aromatic rings. The van der Waals surface area contributed by atoms with E-state index in [-0.39, 0.29) is 11.5 Å². The third kappa shape index (κ3) is 4.13. The Morgan fingerprint density at radius 2 is 1.94 bits per heavy atom. The van der Waals surface area contributed by atoms with Gasteiger partial charge < -0.3 is 0 Å². The van der Waals surface area contributed by atoms with Crippen LogP contribution >= 0.6 is 0 Å². The Kier molecular flexibility index (Phi) is 5.65. The number of unbranched alkanes of at least 4 members (excludes halogenated alkanes) is 2. The first kappa shape index (κ1) is 14.2. The second-order valence-electron chi connectivity index (χ2n) is 3.80. The molecular formula is C13H19O3S. The van der Waals surface area contributed by atoms with Gasteiger partial charge in [0.25, 0.3) is 10.1 Å². The minimum atomic E-state index is -3.60. The lowest BCUT2D eigenvalue weighted by atomic mass is 10.2. The van der Waals surface area contributed by atoms with Crippen molar-refractivity contribution in [3.05, 3.63) is 36.8 Å². The Labute approximate surface area is 104 Å². The third-order valence-electron chi connectivity index (χ3n) is 2.51. The minimum Gasteiger partial charge on any atom is -0.266 e. The zero-order valence-electron chi connectivity index (χ0n) is 10.2. The molecule has 0 aliphatic rings. The molecule has 0 N–H and O–H groups in total. The van der Waals surface area contributed by atoms with Crippen molar-refractivity contribution in [3.8, 4) is 0 Å². The van der Waals surface area contributed by atoms with E-state index in [1.807, 2.05) is 19.1 Å². The summed E-state index contributed by atoms with van der Waals surface area (Å²) in [5, 5.41) is 0. The molecule has 0 amide bonds. The van der Waals surface area contributed by atoms with Gasteiger partial charge in [0, 0.05) is 0 Å². The molecule has 3 nitrogen and oxygen atoms in total. The van der Waals surface area contributed by atoms with Crippen LogP contribution < -0.4 is 0 Å². The van der Waals surface area contributed by atoms with Gasteiger partial charge in [0.15, 0.2) is 0 Å². The number of rotatable bonds is 7. The largest absolute Gasteiger partial charge is 0.297 e. The van der Waals surface area contributed by atoms with E-state index in [9.17, 15) is 8.42 Å². The highest BCUT2D eigenvalue weighted by Crippen LogP contribution is 2.18. The minimum absolute atomic E-state index is 0.232. The summed E-state index contributed by atoms with van der Waals surface area (Å²) in [5.41, 5.74) is 0.796. The lowest BCUT2D eigenvalue weighted by molar-refractivity contribution is 0.308. The summed E-state index contributed by atoms with van der Waals surface area (Å²) in [6.07, 6.45) is 3.08. The number of hydrogen-bond acceptors (Lipinski definition) is 3. The number of benzene rings is 1. The van der Waals surface area contributed by atoms with E-state index in [0.29, 0.717) is 6.42 Å². The molecule has 0 heterocycles. The molecule has 0 saturated carbocycles. The average molecular weight is 255 g/mol. The van der Waals surface area contributed by atoms with Crippen LogP contribution in [0.4, 0.5) is 0 Å². The van der Waals surface area contributed by atoms with Crippen molar-refractivity contribution in [2.45, 2.75) is 37.5 Å². The predicted molar refractivity (Wildman–Crippen MR) is 68.2 cm³/mol. The highest BCUT2D eigenvalue weighted by molar-refractivity contribution is 7.86. The highest BCUT2D eigenvalue weighted by Gasteiger charge is 2.17. The molecule has 0 saturated heterocycles. The molecule has 0 aromatic heterocycles. The van der Waals surface area contributed by atoms with Crippen molar-refractivity contribution >= 4 is 10.1 Å². The molecule has 0 aliphatic heterocycles. The normalized spacial score (nSPS) is 11.6. The quantitative estimate of drug-likeness (QED) is 0.555. The third-order valence-corrected chi connectivity index (χ3v) is 3.92. The average Bonchev–Trinajstić information content (AvgIpc) is 2.34. The summed E-state index contributed by atoms with van der Waals surface area (Å²) < 4.78 is 28.9. The van der Waals surface area contributed by atoms with Crippen molar-refractivity contribution in [2.24, 2.45) is 0 Å². The van der Waals surface area contributed by atoms with E-state index in [2.05, 4.69) is 6.92 Å². The Hall–Kier alpha value is -0.870. The van der Waals surface area contributed by atoms with Gasteiger partial charge in [0.2, 0.25) is 0 Å². The molecule has 0 fully saturated rings. The molecule has 1 radical (unpaired) electrons. The Balaban J connectivity index is 2.75. The standard InChI is InChI=1S/C13H19O3S/c1-3-5-8-11-16-17(14,15)13-10-7-6-9-12(13)4-2/h6-7,9-10H,1,3-5,8,11H2,2H3. The van der Waals surface area contributed by atoms with Crippen LogP contribution in [0, 0.1) is 6.92 Å². The van der Waals surface area contributed by atoms with E-state index in [1.165, 1.54) is 0 Å². The fourth-order valence-corrected chi connectivity index (χ4v) is 2.79. The van der Waals surface area contributed by atoms with Crippen molar-refractivity contribution in [1.29, 1.82) is 0 Å². The van der Waals surface area contributed by atoms with Crippen molar-refractivity contribution in [2.75, 3.05) is 6.61 Å². The van der Waals surface area contributed by atoms with Gasteiger partial charge in [-0.15, -0.1) is 0 Å². The maximum absolute atomic E-state index is 11.9. The number of aryl methyl sites for hydroxylation is 1. The molecule has 1 aromatic carbocycles. The fraction of sp³-hybridized carbons (Fsp3) is 0.462. The molecule has 4 heteroatoms. The summed E-state index contributed by atoms with van der Waals surface area (Å²) in [5.74, 6) is 0. The Morgan fingerprint density at radius 3 is 2.59 bits per heavy atom. The fourth-order valence-electron chi connectivity index (χ4n) is 1.55. The lowest BCUT2D eigenvalue weighted by Gasteiger charge is -2.09. The smallest absolute Gasteiger partial charge is 0.266 e. The van der Waals surface area contributed by atoms with Crippen molar-refractivity contribution in [3.63, 3.8) is 0 Å². The van der Waals surface area contributed by atoms with E-state index >= 15 is 0 Å². The lowest BCUT2D eigenvalue weighted by Crippen LogP contribution is -2.10. The first-order valence-corrected chi connectivity index (χ1v) is 7.29. The molecule has 95 valence electrons. The van der Waals surface area contributed by atoms with Crippen LogP contribution in [0.5, 0.6) is 0 Å². The molecule has 0 unspecified atom stereocenters. The maximum Gasteiger partial charge on any atom is 0.297 e. The monoisotopic (exact) mass is 255 g/mol. The summed E-state index contributed by atoms with van der Waals surface area (Å²) in [4.78, 5) is 0.289. The van der Waals surface area contributed by atoms with Crippen LogP contribution in [0.25, 0.3) is 0 Å². The van der Waals surface area contributed by atoms with Gasteiger partial charge in [-0.2, -0.15) is 8.42 Å². The van der Waals surface area contributed by atoms with Gasteiger partial charge in [-0.25, -0.2) is 0 Å². The second kappa shape index (κ2) is 6.77. The van der Waals surface area contributed by atoms with E-state index < -0.39 is 10.1 Å². The summed E-state index contributed by atoms with van der Waals surface area (Å²) in [6, 6.07) is 6.95. The zero-order valence-corrected chi connectivity index (χ0v) is 11.0. The summed E-state index contributed by atoms with van der Waals surface area (Å²) >= 11 is 0. The van der Waals surface area contributed by atoms with Crippen LogP contribution in [-0.2, 0) is 20.7 Å². The van der Waals surface area contributed by atoms with Gasteiger partial charge in [-0.1, -0.05) is 44.9 Å². The molecule has 1 rings (SSSR count). The summed E-state index contributed by atoms with van der Waals surface area (Å²) in [7, 11) is -3.60. The van der Waals surface area contributed by atoms with E-state index in [1.54, 1.807) is 12.1 Å². The molecule has 0 spiro atoms. The van der Waals surface area contributed by atoms with Gasteiger partial charge in [0.05, 0.1) is 11.5 Å². The highest BCUT2D eigenvalue weighted by atomic mass is 32.2. The van der Waals surface area contributed by atoms with Crippen LogP contribution in [0.3, 0.4) is 0 Å². The van der Waals surface area contributed by atoms with Gasteiger partial charge >= 0.3 is 0 Å². The van der Waals surface area contributed by atoms with Gasteiger partial charge in [0.1, 0.15) is 0 Å². The van der Waals surface area contributed by atoms with Crippen LogP contribution in [-0.4, -0.2) is 15.0 Å². The molecule has 0 aliphatic carbocycles. The Bertz CT molecular complexity index is 438. The summed E-state index contributed by atoms with van der Waals surface area (Å²) in [6.45, 7) is 5.86. The molecule has 17 heavy (non-hydrogen) atoms. The van der Waals surface area contributed by atoms with Crippen LogP contribution in [0.2, 0.25) is 0 Å². The van der Waals surface area contributed by atoms with Gasteiger partial charge in [-0.05, 0) is 24.5 Å². The molecule has 0 atom stereocenters. The van der Waals surface area contributed by atoms with Crippen LogP contribution in [0.1, 0.15) is 31.7 Å². The second-order valence-corrected chi connectivity index (χ2v) is 5.38. The van der Waals surface area contributed by atoms with Gasteiger partial charge in [-0.3, -0.25) is 4.18 Å². The topological polar surface area (TPSA) is 43.4 Å². The Morgan fingerprint density at radius 1 is 1.24 bits per heavy atom. The maximum atomic E-state index is 11.9. The first-order chi connectivity index (χ1) is 8.11. The SMILES string of the molecule is [CH2]CCCCOS(=O)(=O)c1ccccc1CC. The predicted octanol–water partition coefficient (Wildman–Crippen LogP) is 2.96. The van der Waals surface area contributed by atoms with Crippen LogP contribution in [0.15, 0.2) is 29.2 Å². The molecular weight excluding hydrogens is 236 g/mol. The van der Waals surface area contributed by atoms with Crippen molar-refractivity contribution < 1.29 is 12.6 Å².